The quantitative estimate of drug-likeness (QED) is 0.934. The van der Waals surface area contributed by atoms with Crippen LogP contribution in [0, 0.1) is 0 Å². The van der Waals surface area contributed by atoms with E-state index in [4.69, 9.17) is 4.74 Å². The molecule has 4 nitrogen and oxygen atoms in total. The molecule has 20 heavy (non-hydrogen) atoms. The minimum Gasteiger partial charge on any atom is -0.476 e. The lowest BCUT2D eigenvalue weighted by Gasteiger charge is -2.37. The van der Waals surface area contributed by atoms with Gasteiger partial charge < -0.3 is 9.72 Å². The van der Waals surface area contributed by atoms with Gasteiger partial charge in [0, 0.05) is 23.2 Å². The number of H-pyrrole nitrogens is 1. The molecule has 2 aromatic rings. The standard InChI is InChI=1S/C16H23N3O/c1-16(2,3)13-9-11-5-7-17-14(11)18-15(13)20-10-12-6-8-19(12)4/h5,7,9,12H,6,8,10H2,1-4H3,(H,17,18). The lowest BCUT2D eigenvalue weighted by atomic mass is 9.87. The predicted molar refractivity (Wildman–Crippen MR) is 81.3 cm³/mol. The molecule has 4 heteroatoms. The van der Waals surface area contributed by atoms with E-state index in [0.29, 0.717) is 6.04 Å². The number of fused-ring (bicyclic) bond motifs is 1. The van der Waals surface area contributed by atoms with Gasteiger partial charge >= 0.3 is 0 Å². The third kappa shape index (κ3) is 2.40. The van der Waals surface area contributed by atoms with Gasteiger partial charge in [0.2, 0.25) is 5.88 Å². The highest BCUT2D eigenvalue weighted by molar-refractivity contribution is 5.77. The fourth-order valence-electron chi connectivity index (χ4n) is 2.57. The van der Waals surface area contributed by atoms with Crippen LogP contribution in [-0.4, -0.2) is 41.1 Å². The van der Waals surface area contributed by atoms with Gasteiger partial charge in [-0.3, -0.25) is 4.90 Å². The zero-order chi connectivity index (χ0) is 14.3. The van der Waals surface area contributed by atoms with Gasteiger partial charge in [-0.05, 0) is 37.6 Å². The van der Waals surface area contributed by atoms with Crippen LogP contribution in [-0.2, 0) is 5.41 Å². The van der Waals surface area contributed by atoms with Gasteiger partial charge in [-0.15, -0.1) is 0 Å². The van der Waals surface area contributed by atoms with Crippen molar-refractivity contribution >= 4 is 11.0 Å². The fraction of sp³-hybridized carbons (Fsp3) is 0.562. The van der Waals surface area contributed by atoms with Gasteiger partial charge in [-0.2, -0.15) is 4.98 Å². The van der Waals surface area contributed by atoms with Crippen molar-refractivity contribution in [2.24, 2.45) is 0 Å². The Kier molecular flexibility index (Phi) is 3.21. The molecule has 108 valence electrons. The second kappa shape index (κ2) is 4.77. The highest BCUT2D eigenvalue weighted by Crippen LogP contribution is 2.32. The monoisotopic (exact) mass is 273 g/mol. The molecule has 0 aromatic carbocycles. The second-order valence-corrected chi connectivity index (χ2v) is 6.74. The van der Waals surface area contributed by atoms with E-state index in [1.165, 1.54) is 18.5 Å². The SMILES string of the molecule is CN1CCC1COc1nc2[nH]ccc2cc1C(C)(C)C. The summed E-state index contributed by atoms with van der Waals surface area (Å²) in [7, 11) is 2.14. The van der Waals surface area contributed by atoms with Crippen molar-refractivity contribution in [3.8, 4) is 5.88 Å². The summed E-state index contributed by atoms with van der Waals surface area (Å²) in [5.74, 6) is 0.771. The van der Waals surface area contributed by atoms with Crippen molar-refractivity contribution in [1.29, 1.82) is 0 Å². The number of aromatic amines is 1. The van der Waals surface area contributed by atoms with E-state index in [0.717, 1.165) is 23.5 Å². The Labute approximate surface area is 120 Å². The first-order chi connectivity index (χ1) is 9.45. The van der Waals surface area contributed by atoms with E-state index in [2.05, 4.69) is 54.8 Å². The molecule has 3 rings (SSSR count). The summed E-state index contributed by atoms with van der Waals surface area (Å²) in [5.41, 5.74) is 2.10. The first kappa shape index (κ1) is 13.4. The number of hydrogen-bond acceptors (Lipinski definition) is 3. The molecular weight excluding hydrogens is 250 g/mol. The predicted octanol–water partition coefficient (Wildman–Crippen LogP) is 2.94. The van der Waals surface area contributed by atoms with E-state index >= 15 is 0 Å². The third-order valence-electron chi connectivity index (χ3n) is 4.16. The minimum absolute atomic E-state index is 0.0271. The van der Waals surface area contributed by atoms with Crippen LogP contribution in [0.1, 0.15) is 32.8 Å². The van der Waals surface area contributed by atoms with E-state index < -0.39 is 0 Å². The molecule has 2 aromatic heterocycles. The lowest BCUT2D eigenvalue weighted by Crippen LogP contribution is -2.48. The van der Waals surface area contributed by atoms with Crippen LogP contribution in [0.4, 0.5) is 0 Å². The average molecular weight is 273 g/mol. The zero-order valence-corrected chi connectivity index (χ0v) is 12.7. The number of nitrogens with zero attached hydrogens (tertiary/aromatic N) is 2. The second-order valence-electron chi connectivity index (χ2n) is 6.74. The van der Waals surface area contributed by atoms with Crippen molar-refractivity contribution in [2.45, 2.75) is 38.6 Å². The highest BCUT2D eigenvalue weighted by Gasteiger charge is 2.27. The van der Waals surface area contributed by atoms with Crippen molar-refractivity contribution in [2.75, 3.05) is 20.2 Å². The number of aromatic nitrogens is 2. The first-order valence-corrected chi connectivity index (χ1v) is 7.27. The Hall–Kier alpha value is -1.55. The maximum atomic E-state index is 6.04. The number of nitrogens with one attached hydrogen (secondary N) is 1. The number of hydrogen-bond donors (Lipinski definition) is 1. The zero-order valence-electron chi connectivity index (χ0n) is 12.7. The van der Waals surface area contributed by atoms with Crippen LogP contribution in [0.3, 0.4) is 0 Å². The molecular formula is C16H23N3O. The van der Waals surface area contributed by atoms with E-state index in [1.54, 1.807) is 0 Å². The molecule has 0 spiro atoms. The Balaban J connectivity index is 1.90. The highest BCUT2D eigenvalue weighted by atomic mass is 16.5. The molecule has 0 aliphatic carbocycles. The van der Waals surface area contributed by atoms with Gasteiger partial charge in [0.25, 0.3) is 0 Å². The third-order valence-corrected chi connectivity index (χ3v) is 4.16. The normalized spacial score (nSPS) is 20.1. The van der Waals surface area contributed by atoms with Crippen molar-refractivity contribution in [1.82, 2.24) is 14.9 Å². The van der Waals surface area contributed by atoms with E-state index in [-0.39, 0.29) is 5.41 Å². The van der Waals surface area contributed by atoms with E-state index in [9.17, 15) is 0 Å². The van der Waals surface area contributed by atoms with Crippen LogP contribution < -0.4 is 4.74 Å². The van der Waals surface area contributed by atoms with Crippen LogP contribution in [0.15, 0.2) is 18.3 Å². The fourth-order valence-corrected chi connectivity index (χ4v) is 2.57. The van der Waals surface area contributed by atoms with Crippen molar-refractivity contribution < 1.29 is 4.74 Å². The molecule has 0 bridgehead atoms. The van der Waals surface area contributed by atoms with E-state index in [1.807, 2.05) is 6.20 Å². The molecule has 0 amide bonds. The summed E-state index contributed by atoms with van der Waals surface area (Å²) in [5, 5.41) is 1.14. The topological polar surface area (TPSA) is 41.1 Å². The van der Waals surface area contributed by atoms with Gasteiger partial charge in [0.05, 0.1) is 0 Å². The maximum absolute atomic E-state index is 6.04. The molecule has 1 atom stereocenters. The minimum atomic E-state index is 0.0271. The summed E-state index contributed by atoms with van der Waals surface area (Å²) in [6, 6.07) is 4.78. The van der Waals surface area contributed by atoms with Crippen LogP contribution in [0.25, 0.3) is 11.0 Å². The van der Waals surface area contributed by atoms with Crippen molar-refractivity contribution in [3.05, 3.63) is 23.9 Å². The Morgan fingerprint density at radius 1 is 1.45 bits per heavy atom. The summed E-state index contributed by atoms with van der Waals surface area (Å²) >= 11 is 0. The molecule has 1 aliphatic rings. The molecule has 1 saturated heterocycles. The number of ether oxygens (including phenoxy) is 1. The van der Waals surface area contributed by atoms with Crippen LogP contribution >= 0.6 is 0 Å². The van der Waals surface area contributed by atoms with Gasteiger partial charge in [-0.1, -0.05) is 20.8 Å². The number of pyridine rings is 1. The van der Waals surface area contributed by atoms with Crippen LogP contribution in [0.2, 0.25) is 0 Å². The summed E-state index contributed by atoms with van der Waals surface area (Å²) in [4.78, 5) is 10.1. The Morgan fingerprint density at radius 2 is 2.25 bits per heavy atom. The van der Waals surface area contributed by atoms with Gasteiger partial charge in [0.1, 0.15) is 12.3 Å². The molecule has 3 heterocycles. The molecule has 1 aliphatic heterocycles. The number of likely N-dealkylation sites (N-methyl/N-ethyl adjacent to an activating group) is 1. The Bertz CT molecular complexity index is 612. The largest absolute Gasteiger partial charge is 0.476 e. The number of likely N-dealkylation sites (tertiary alicyclic amines) is 1. The first-order valence-electron chi connectivity index (χ1n) is 7.27. The molecule has 1 N–H and O–H groups in total. The summed E-state index contributed by atoms with van der Waals surface area (Å²) in [6.07, 6.45) is 3.14. The van der Waals surface area contributed by atoms with Gasteiger partial charge in [-0.25, -0.2) is 0 Å². The summed E-state index contributed by atoms with van der Waals surface area (Å²) < 4.78 is 6.04. The molecule has 1 unspecified atom stereocenters. The average Bonchev–Trinajstić information content (AvgIpc) is 2.82. The smallest absolute Gasteiger partial charge is 0.219 e. The molecule has 0 saturated carbocycles. The Morgan fingerprint density at radius 3 is 2.85 bits per heavy atom. The molecule has 1 fully saturated rings. The maximum Gasteiger partial charge on any atom is 0.219 e. The lowest BCUT2D eigenvalue weighted by molar-refractivity contribution is 0.0743. The summed E-state index contributed by atoms with van der Waals surface area (Å²) in [6.45, 7) is 8.49. The van der Waals surface area contributed by atoms with Gasteiger partial charge in [0.15, 0.2) is 0 Å². The number of rotatable bonds is 3. The van der Waals surface area contributed by atoms with Crippen molar-refractivity contribution in [3.63, 3.8) is 0 Å². The van der Waals surface area contributed by atoms with Crippen LogP contribution in [0.5, 0.6) is 5.88 Å². The molecule has 0 radical (unpaired) electrons.